The van der Waals surface area contributed by atoms with Crippen molar-refractivity contribution in [3.63, 3.8) is 0 Å². The summed E-state index contributed by atoms with van der Waals surface area (Å²) in [5.41, 5.74) is 2.46. The van der Waals surface area contributed by atoms with E-state index in [4.69, 9.17) is 4.74 Å². The van der Waals surface area contributed by atoms with E-state index in [2.05, 4.69) is 47.6 Å². The number of para-hydroxylation sites is 1. The molecule has 0 fully saturated rings. The van der Waals surface area contributed by atoms with Crippen molar-refractivity contribution in [1.29, 1.82) is 0 Å². The largest absolute Gasteiger partial charge is 0.493 e. The topological polar surface area (TPSA) is 34.1 Å². The molecule has 0 saturated carbocycles. The molecule has 0 bridgehead atoms. The Morgan fingerprint density at radius 1 is 1.24 bits per heavy atom. The Morgan fingerprint density at radius 3 is 2.90 bits per heavy atom. The van der Waals surface area contributed by atoms with E-state index < -0.39 is 0 Å². The first-order valence-electron chi connectivity index (χ1n) is 7.74. The molecule has 0 spiro atoms. The van der Waals surface area contributed by atoms with Crippen molar-refractivity contribution in [2.75, 3.05) is 13.2 Å². The molecule has 3 nitrogen and oxygen atoms in total. The molecule has 3 heteroatoms. The molecule has 0 aliphatic carbocycles. The van der Waals surface area contributed by atoms with Crippen LogP contribution in [-0.2, 0) is 0 Å². The number of benzene rings is 1. The van der Waals surface area contributed by atoms with Gasteiger partial charge in [0.25, 0.3) is 0 Å². The van der Waals surface area contributed by atoms with Crippen molar-refractivity contribution in [2.45, 2.75) is 31.7 Å². The van der Waals surface area contributed by atoms with Crippen molar-refractivity contribution in [1.82, 2.24) is 10.3 Å². The van der Waals surface area contributed by atoms with Crippen LogP contribution in [0.2, 0.25) is 0 Å². The minimum Gasteiger partial charge on any atom is -0.493 e. The van der Waals surface area contributed by atoms with Crippen molar-refractivity contribution in [2.24, 2.45) is 0 Å². The first-order chi connectivity index (χ1) is 10.4. The Kier molecular flexibility index (Phi) is 4.51. The van der Waals surface area contributed by atoms with E-state index >= 15 is 0 Å². The molecule has 0 radical (unpaired) electrons. The SMILES string of the molecule is CCNC(CC1CCOc2ccccc21)c1ccccn1. The lowest BCUT2D eigenvalue weighted by Crippen LogP contribution is -2.25. The summed E-state index contributed by atoms with van der Waals surface area (Å²) in [6.07, 6.45) is 4.01. The second-order valence-corrected chi connectivity index (χ2v) is 5.47. The second kappa shape index (κ2) is 6.72. The fourth-order valence-electron chi connectivity index (χ4n) is 3.08. The van der Waals surface area contributed by atoms with E-state index in [1.54, 1.807) is 0 Å². The van der Waals surface area contributed by atoms with Gasteiger partial charge in [0.1, 0.15) is 5.75 Å². The Hall–Kier alpha value is -1.87. The van der Waals surface area contributed by atoms with Crippen molar-refractivity contribution < 1.29 is 4.74 Å². The molecular weight excluding hydrogens is 260 g/mol. The lowest BCUT2D eigenvalue weighted by atomic mass is 9.86. The second-order valence-electron chi connectivity index (χ2n) is 5.47. The van der Waals surface area contributed by atoms with Crippen LogP contribution in [0.4, 0.5) is 0 Å². The van der Waals surface area contributed by atoms with E-state index in [9.17, 15) is 0 Å². The summed E-state index contributed by atoms with van der Waals surface area (Å²) in [4.78, 5) is 4.53. The molecule has 110 valence electrons. The molecule has 3 rings (SSSR count). The highest BCUT2D eigenvalue weighted by atomic mass is 16.5. The average Bonchev–Trinajstić information content (AvgIpc) is 2.55. The molecule has 0 saturated heterocycles. The standard InChI is InChI=1S/C18H22N2O/c1-2-19-17(16-8-5-6-11-20-16)13-14-10-12-21-18-9-4-3-7-15(14)18/h3-9,11,14,17,19H,2,10,12-13H2,1H3. The third kappa shape index (κ3) is 3.24. The lowest BCUT2D eigenvalue weighted by molar-refractivity contribution is 0.255. The zero-order chi connectivity index (χ0) is 14.5. The maximum absolute atomic E-state index is 5.76. The molecular formula is C18H22N2O. The summed E-state index contributed by atoms with van der Waals surface area (Å²) in [5.74, 6) is 1.58. The van der Waals surface area contributed by atoms with Gasteiger partial charge in [-0.2, -0.15) is 0 Å². The van der Waals surface area contributed by atoms with Crippen LogP contribution in [0.15, 0.2) is 48.7 Å². The first-order valence-corrected chi connectivity index (χ1v) is 7.74. The first kappa shape index (κ1) is 14.1. The molecule has 1 aliphatic rings. The van der Waals surface area contributed by atoms with Gasteiger partial charge < -0.3 is 10.1 Å². The van der Waals surface area contributed by atoms with Crippen LogP contribution in [0.1, 0.15) is 43.0 Å². The summed E-state index contributed by atoms with van der Waals surface area (Å²) in [7, 11) is 0. The van der Waals surface area contributed by atoms with Crippen LogP contribution < -0.4 is 10.1 Å². The van der Waals surface area contributed by atoms with Gasteiger partial charge in [-0.25, -0.2) is 0 Å². The van der Waals surface area contributed by atoms with Gasteiger partial charge in [-0.05, 0) is 49.1 Å². The number of ether oxygens (including phenoxy) is 1. The molecule has 2 unspecified atom stereocenters. The fourth-order valence-corrected chi connectivity index (χ4v) is 3.08. The highest BCUT2D eigenvalue weighted by Gasteiger charge is 2.25. The molecule has 1 aliphatic heterocycles. The van der Waals surface area contributed by atoms with Crippen molar-refractivity contribution >= 4 is 0 Å². The smallest absolute Gasteiger partial charge is 0.122 e. The number of hydrogen-bond donors (Lipinski definition) is 1. The van der Waals surface area contributed by atoms with E-state index in [1.807, 2.05) is 18.3 Å². The predicted molar refractivity (Wildman–Crippen MR) is 84.6 cm³/mol. The van der Waals surface area contributed by atoms with E-state index in [-0.39, 0.29) is 0 Å². The van der Waals surface area contributed by atoms with Crippen LogP contribution in [0.3, 0.4) is 0 Å². The van der Waals surface area contributed by atoms with E-state index in [0.29, 0.717) is 12.0 Å². The number of hydrogen-bond acceptors (Lipinski definition) is 3. The molecule has 2 heterocycles. The number of fused-ring (bicyclic) bond motifs is 1. The maximum atomic E-state index is 5.76. The van der Waals surface area contributed by atoms with Gasteiger partial charge in [-0.15, -0.1) is 0 Å². The Balaban J connectivity index is 1.81. The third-order valence-corrected chi connectivity index (χ3v) is 4.10. The zero-order valence-electron chi connectivity index (χ0n) is 12.5. The van der Waals surface area contributed by atoms with Gasteiger partial charge in [-0.3, -0.25) is 4.98 Å². The molecule has 1 N–H and O–H groups in total. The number of aromatic nitrogens is 1. The highest BCUT2D eigenvalue weighted by molar-refractivity contribution is 5.38. The number of pyridine rings is 1. The summed E-state index contributed by atoms with van der Waals surface area (Å²) >= 11 is 0. The minimum absolute atomic E-state index is 0.298. The maximum Gasteiger partial charge on any atom is 0.122 e. The number of nitrogens with zero attached hydrogens (tertiary/aromatic N) is 1. The van der Waals surface area contributed by atoms with Gasteiger partial charge in [0.2, 0.25) is 0 Å². The Labute approximate surface area is 126 Å². The normalized spacial score (nSPS) is 18.6. The van der Waals surface area contributed by atoms with Crippen LogP contribution in [0.25, 0.3) is 0 Å². The summed E-state index contributed by atoms with van der Waals surface area (Å²) in [6.45, 7) is 3.91. The van der Waals surface area contributed by atoms with Crippen molar-refractivity contribution in [3.8, 4) is 5.75 Å². The molecule has 0 amide bonds. The van der Waals surface area contributed by atoms with E-state index in [1.165, 1.54) is 5.56 Å². The van der Waals surface area contributed by atoms with Crippen LogP contribution in [-0.4, -0.2) is 18.1 Å². The molecule has 1 aromatic carbocycles. The van der Waals surface area contributed by atoms with Gasteiger partial charge >= 0.3 is 0 Å². The lowest BCUT2D eigenvalue weighted by Gasteiger charge is -2.29. The quantitative estimate of drug-likeness (QED) is 0.908. The predicted octanol–water partition coefficient (Wildman–Crippen LogP) is 3.69. The third-order valence-electron chi connectivity index (χ3n) is 4.10. The molecule has 21 heavy (non-hydrogen) atoms. The van der Waals surface area contributed by atoms with Crippen LogP contribution in [0, 0.1) is 0 Å². The summed E-state index contributed by atoms with van der Waals surface area (Å²) in [5, 5.41) is 3.57. The Bertz CT molecular complexity index is 570. The van der Waals surface area contributed by atoms with Crippen molar-refractivity contribution in [3.05, 3.63) is 59.9 Å². The molecule has 2 atom stereocenters. The fraction of sp³-hybridized carbons (Fsp3) is 0.389. The molecule has 1 aromatic heterocycles. The van der Waals surface area contributed by atoms with E-state index in [0.717, 1.165) is 37.4 Å². The number of rotatable bonds is 5. The van der Waals surface area contributed by atoms with Crippen LogP contribution >= 0.6 is 0 Å². The van der Waals surface area contributed by atoms with Gasteiger partial charge in [0.05, 0.1) is 18.3 Å². The number of nitrogens with one attached hydrogen (secondary N) is 1. The average molecular weight is 282 g/mol. The Morgan fingerprint density at radius 2 is 2.10 bits per heavy atom. The zero-order valence-corrected chi connectivity index (χ0v) is 12.5. The molecule has 2 aromatic rings. The van der Waals surface area contributed by atoms with Gasteiger partial charge in [-0.1, -0.05) is 31.2 Å². The monoisotopic (exact) mass is 282 g/mol. The minimum atomic E-state index is 0.298. The summed E-state index contributed by atoms with van der Waals surface area (Å²) in [6, 6.07) is 14.8. The van der Waals surface area contributed by atoms with Gasteiger partial charge in [0, 0.05) is 6.20 Å². The van der Waals surface area contributed by atoms with Gasteiger partial charge in [0.15, 0.2) is 0 Å². The summed E-state index contributed by atoms with van der Waals surface area (Å²) < 4.78 is 5.76. The van der Waals surface area contributed by atoms with Crippen LogP contribution in [0.5, 0.6) is 5.75 Å². The highest BCUT2D eigenvalue weighted by Crippen LogP contribution is 2.38.